The van der Waals surface area contributed by atoms with Crippen molar-refractivity contribution in [2.24, 2.45) is 0 Å². The van der Waals surface area contributed by atoms with Gasteiger partial charge in [0.05, 0.1) is 23.9 Å². The second-order valence-corrected chi connectivity index (χ2v) is 8.47. The molecular formula is C24H25ClN2O4S. The van der Waals surface area contributed by atoms with Crippen LogP contribution in [0.4, 0.5) is 5.69 Å². The molecule has 0 aliphatic carbocycles. The Balaban J connectivity index is 2.03. The summed E-state index contributed by atoms with van der Waals surface area (Å²) in [4.78, 5) is 27.2. The molecule has 2 aromatic rings. The van der Waals surface area contributed by atoms with Gasteiger partial charge in [-0.2, -0.15) is 0 Å². The average molecular weight is 473 g/mol. The van der Waals surface area contributed by atoms with E-state index in [2.05, 4.69) is 5.32 Å². The molecule has 0 radical (unpaired) electrons. The fraction of sp³-hybridized carbons (Fsp3) is 0.292. The van der Waals surface area contributed by atoms with Gasteiger partial charge in [0.15, 0.2) is 16.6 Å². The maximum atomic E-state index is 13.3. The Hall–Kier alpha value is -2.90. The van der Waals surface area contributed by atoms with E-state index in [1.807, 2.05) is 45.9 Å². The van der Waals surface area contributed by atoms with E-state index < -0.39 is 11.8 Å². The number of thiocarbonyl (C=S) groups is 1. The van der Waals surface area contributed by atoms with Crippen molar-refractivity contribution in [2.75, 3.05) is 12.0 Å². The third-order valence-corrected chi connectivity index (χ3v) is 5.59. The molecule has 1 aliphatic heterocycles. The van der Waals surface area contributed by atoms with E-state index in [0.29, 0.717) is 27.8 Å². The molecule has 32 heavy (non-hydrogen) atoms. The summed E-state index contributed by atoms with van der Waals surface area (Å²) in [6.07, 6.45) is 2.22. The highest BCUT2D eigenvalue weighted by atomic mass is 35.5. The number of carbonyl (C=O) groups excluding carboxylic acids is 2. The van der Waals surface area contributed by atoms with E-state index in [0.717, 1.165) is 17.5 Å². The summed E-state index contributed by atoms with van der Waals surface area (Å²) in [5, 5.41) is 2.95. The summed E-state index contributed by atoms with van der Waals surface area (Å²) >= 11 is 11.7. The monoisotopic (exact) mass is 472 g/mol. The summed E-state index contributed by atoms with van der Waals surface area (Å²) in [5.74, 6) is -0.257. The van der Waals surface area contributed by atoms with E-state index in [1.165, 1.54) is 18.1 Å². The highest BCUT2D eigenvalue weighted by Crippen LogP contribution is 2.38. The second kappa shape index (κ2) is 9.71. The molecule has 2 amide bonds. The molecular weight excluding hydrogens is 448 g/mol. The minimum Gasteiger partial charge on any atom is -0.493 e. The first-order valence-electron chi connectivity index (χ1n) is 10.2. The van der Waals surface area contributed by atoms with Crippen molar-refractivity contribution in [3.63, 3.8) is 0 Å². The van der Waals surface area contributed by atoms with Crippen LogP contribution in [0.2, 0.25) is 5.02 Å². The van der Waals surface area contributed by atoms with Crippen molar-refractivity contribution in [1.29, 1.82) is 0 Å². The third kappa shape index (κ3) is 4.95. The van der Waals surface area contributed by atoms with Crippen LogP contribution in [0.1, 0.15) is 37.0 Å². The molecule has 1 N–H and O–H groups in total. The number of carbonyl (C=O) groups is 2. The molecule has 8 heteroatoms. The van der Waals surface area contributed by atoms with Gasteiger partial charge < -0.3 is 9.47 Å². The Morgan fingerprint density at radius 3 is 2.41 bits per heavy atom. The Kier molecular flexibility index (Phi) is 7.21. The first-order chi connectivity index (χ1) is 15.1. The van der Waals surface area contributed by atoms with Crippen LogP contribution in [-0.2, 0) is 9.59 Å². The molecule has 0 bridgehead atoms. The molecule has 1 heterocycles. The topological polar surface area (TPSA) is 67.9 Å². The highest BCUT2D eigenvalue weighted by Gasteiger charge is 2.34. The third-order valence-electron chi connectivity index (χ3n) is 5.02. The van der Waals surface area contributed by atoms with Gasteiger partial charge in [-0.1, -0.05) is 24.6 Å². The highest BCUT2D eigenvalue weighted by molar-refractivity contribution is 7.80. The zero-order chi connectivity index (χ0) is 23.6. The summed E-state index contributed by atoms with van der Waals surface area (Å²) in [6, 6.07) is 8.97. The lowest BCUT2D eigenvalue weighted by atomic mass is 10.1. The Morgan fingerprint density at radius 1 is 1.16 bits per heavy atom. The Bertz CT molecular complexity index is 1110. The van der Waals surface area contributed by atoms with E-state index in [9.17, 15) is 9.59 Å². The second-order valence-electron chi connectivity index (χ2n) is 7.67. The predicted molar refractivity (Wildman–Crippen MR) is 131 cm³/mol. The van der Waals surface area contributed by atoms with E-state index in [1.54, 1.807) is 12.1 Å². The van der Waals surface area contributed by atoms with Crippen molar-refractivity contribution in [1.82, 2.24) is 5.32 Å². The molecule has 1 aliphatic rings. The number of benzene rings is 2. The summed E-state index contributed by atoms with van der Waals surface area (Å²) in [6.45, 7) is 7.80. The number of methoxy groups -OCH3 is 1. The standard InChI is InChI=1S/C24H25ClN2O4S/c1-6-15(4)31-21-19(25)11-16(12-20(21)30-5)10-18-22(28)26-24(32)27(23(18)29)17-8-13(2)7-14(3)9-17/h7-12,15H,6H2,1-5H3,(H,26,28,32)/b18-10+/t15-/m1/s1. The molecule has 168 valence electrons. The minimum atomic E-state index is -0.573. The van der Waals surface area contributed by atoms with Crippen LogP contribution in [0, 0.1) is 13.8 Å². The predicted octanol–water partition coefficient (Wildman–Crippen LogP) is 4.97. The van der Waals surface area contributed by atoms with Gasteiger partial charge in [0, 0.05) is 0 Å². The van der Waals surface area contributed by atoms with Gasteiger partial charge in [-0.25, -0.2) is 0 Å². The van der Waals surface area contributed by atoms with E-state index >= 15 is 0 Å². The van der Waals surface area contributed by atoms with Gasteiger partial charge in [0.1, 0.15) is 5.57 Å². The van der Waals surface area contributed by atoms with Crippen molar-refractivity contribution >= 4 is 52.5 Å². The molecule has 1 fully saturated rings. The molecule has 0 unspecified atom stereocenters. The van der Waals surface area contributed by atoms with Crippen LogP contribution >= 0.6 is 23.8 Å². The van der Waals surface area contributed by atoms with Gasteiger partial charge in [-0.15, -0.1) is 0 Å². The quantitative estimate of drug-likeness (QED) is 0.365. The van der Waals surface area contributed by atoms with Gasteiger partial charge in [-0.05, 0) is 86.4 Å². The lowest BCUT2D eigenvalue weighted by Crippen LogP contribution is -2.54. The molecule has 0 spiro atoms. The van der Waals surface area contributed by atoms with Gasteiger partial charge >= 0.3 is 0 Å². The molecule has 2 aromatic carbocycles. The van der Waals surface area contributed by atoms with Crippen molar-refractivity contribution in [2.45, 2.75) is 40.2 Å². The van der Waals surface area contributed by atoms with Gasteiger partial charge in [0.2, 0.25) is 0 Å². The zero-order valence-corrected chi connectivity index (χ0v) is 20.2. The molecule has 0 saturated carbocycles. The number of aryl methyl sites for hydroxylation is 2. The number of nitrogens with zero attached hydrogens (tertiary/aromatic N) is 1. The van der Waals surface area contributed by atoms with Crippen LogP contribution in [0.15, 0.2) is 35.9 Å². The number of anilines is 1. The maximum Gasteiger partial charge on any atom is 0.270 e. The van der Waals surface area contributed by atoms with Crippen LogP contribution in [0.5, 0.6) is 11.5 Å². The van der Waals surface area contributed by atoms with Crippen molar-refractivity contribution in [3.05, 3.63) is 57.6 Å². The summed E-state index contributed by atoms with van der Waals surface area (Å²) < 4.78 is 11.3. The summed E-state index contributed by atoms with van der Waals surface area (Å²) in [7, 11) is 1.50. The smallest absolute Gasteiger partial charge is 0.270 e. The Labute approximate surface area is 198 Å². The van der Waals surface area contributed by atoms with Crippen LogP contribution in [0.25, 0.3) is 6.08 Å². The maximum absolute atomic E-state index is 13.3. The fourth-order valence-electron chi connectivity index (χ4n) is 3.36. The lowest BCUT2D eigenvalue weighted by Gasteiger charge is -2.29. The lowest BCUT2D eigenvalue weighted by molar-refractivity contribution is -0.122. The first-order valence-corrected chi connectivity index (χ1v) is 11.0. The van der Waals surface area contributed by atoms with Crippen LogP contribution in [0.3, 0.4) is 0 Å². The molecule has 1 saturated heterocycles. The zero-order valence-electron chi connectivity index (χ0n) is 18.6. The average Bonchev–Trinajstić information content (AvgIpc) is 2.71. The van der Waals surface area contributed by atoms with Crippen molar-refractivity contribution < 1.29 is 19.1 Å². The van der Waals surface area contributed by atoms with E-state index in [4.69, 9.17) is 33.3 Å². The molecule has 0 aromatic heterocycles. The number of halogens is 1. The first kappa shape index (κ1) is 23.8. The number of nitrogens with one attached hydrogen (secondary N) is 1. The normalized spacial score (nSPS) is 16.2. The largest absolute Gasteiger partial charge is 0.493 e. The molecule has 3 rings (SSSR count). The van der Waals surface area contributed by atoms with E-state index in [-0.39, 0.29) is 16.8 Å². The Morgan fingerprint density at radius 2 is 1.81 bits per heavy atom. The van der Waals surface area contributed by atoms with Gasteiger partial charge in [0.25, 0.3) is 11.8 Å². The number of rotatable bonds is 6. The molecule has 6 nitrogen and oxygen atoms in total. The molecule has 1 atom stereocenters. The van der Waals surface area contributed by atoms with Crippen molar-refractivity contribution in [3.8, 4) is 11.5 Å². The SMILES string of the molecule is CC[C@@H](C)Oc1c(Cl)cc(/C=C2\C(=O)NC(=S)N(c3cc(C)cc(C)c3)C2=O)cc1OC. The van der Waals surface area contributed by atoms with Crippen LogP contribution in [-0.4, -0.2) is 30.1 Å². The minimum absolute atomic E-state index is 0.0371. The number of amides is 2. The van der Waals surface area contributed by atoms with Gasteiger partial charge in [-0.3, -0.25) is 19.8 Å². The number of hydrogen-bond acceptors (Lipinski definition) is 5. The summed E-state index contributed by atoms with van der Waals surface area (Å²) in [5.41, 5.74) is 3.01. The number of hydrogen-bond donors (Lipinski definition) is 1. The fourth-order valence-corrected chi connectivity index (χ4v) is 3.91. The number of ether oxygens (including phenoxy) is 2. The van der Waals surface area contributed by atoms with Crippen LogP contribution < -0.4 is 19.7 Å².